The lowest BCUT2D eigenvalue weighted by Crippen LogP contribution is -2.05. The van der Waals surface area contributed by atoms with Crippen molar-refractivity contribution in [2.45, 2.75) is 12.5 Å². The predicted molar refractivity (Wildman–Crippen MR) is 63.1 cm³/mol. The van der Waals surface area contributed by atoms with Crippen molar-refractivity contribution in [1.29, 1.82) is 0 Å². The molecule has 0 aliphatic rings. The summed E-state index contributed by atoms with van der Waals surface area (Å²) in [5.41, 5.74) is 0.560. The molecule has 0 bridgehead atoms. The minimum absolute atomic E-state index is 0.0689. The molecule has 0 heterocycles. The van der Waals surface area contributed by atoms with Crippen LogP contribution < -0.4 is 0 Å². The number of benzene rings is 2. The first kappa shape index (κ1) is 12.5. The quantitative estimate of drug-likeness (QED) is 0.879. The van der Waals surface area contributed by atoms with E-state index in [1.54, 1.807) is 12.1 Å². The summed E-state index contributed by atoms with van der Waals surface area (Å²) in [6.45, 7) is 0. The van der Waals surface area contributed by atoms with Gasteiger partial charge in [-0.15, -0.1) is 0 Å². The average molecular weight is 250 g/mol. The number of rotatable bonds is 3. The van der Waals surface area contributed by atoms with Crippen LogP contribution in [0.15, 0.2) is 42.5 Å². The SMILES string of the molecule is Oc1cccc(CC(O)c2cc(F)ccc2F)c1. The lowest BCUT2D eigenvalue weighted by Gasteiger charge is -2.12. The highest BCUT2D eigenvalue weighted by molar-refractivity contribution is 5.29. The van der Waals surface area contributed by atoms with Gasteiger partial charge in [-0.05, 0) is 35.9 Å². The maximum Gasteiger partial charge on any atom is 0.129 e. The molecule has 1 atom stereocenters. The molecule has 0 fully saturated rings. The molecule has 1 unspecified atom stereocenters. The van der Waals surface area contributed by atoms with Gasteiger partial charge in [0.1, 0.15) is 17.4 Å². The molecule has 0 radical (unpaired) electrons. The van der Waals surface area contributed by atoms with Crippen molar-refractivity contribution >= 4 is 0 Å². The summed E-state index contributed by atoms with van der Waals surface area (Å²) in [4.78, 5) is 0. The Labute approximate surface area is 103 Å². The largest absolute Gasteiger partial charge is 0.508 e. The van der Waals surface area contributed by atoms with E-state index in [2.05, 4.69) is 0 Å². The Balaban J connectivity index is 2.21. The molecule has 0 aliphatic carbocycles. The van der Waals surface area contributed by atoms with Crippen LogP contribution in [0.2, 0.25) is 0 Å². The van der Waals surface area contributed by atoms with Crippen LogP contribution in [0.3, 0.4) is 0 Å². The summed E-state index contributed by atoms with van der Waals surface area (Å²) in [5, 5.41) is 19.2. The number of aromatic hydroxyl groups is 1. The maximum absolute atomic E-state index is 13.4. The van der Waals surface area contributed by atoms with Crippen LogP contribution in [-0.2, 0) is 6.42 Å². The third-order valence-corrected chi connectivity index (χ3v) is 2.66. The molecule has 2 aromatic carbocycles. The van der Waals surface area contributed by atoms with Crippen molar-refractivity contribution in [3.63, 3.8) is 0 Å². The molecular formula is C14H12F2O2. The Bertz CT molecular complexity index is 555. The second-order valence-electron chi connectivity index (χ2n) is 4.06. The van der Waals surface area contributed by atoms with E-state index in [1.165, 1.54) is 12.1 Å². The lowest BCUT2D eigenvalue weighted by molar-refractivity contribution is 0.173. The fourth-order valence-electron chi connectivity index (χ4n) is 1.79. The number of phenols is 1. The summed E-state index contributed by atoms with van der Waals surface area (Å²) in [7, 11) is 0. The molecule has 0 aliphatic heterocycles. The molecule has 0 saturated heterocycles. The highest BCUT2D eigenvalue weighted by Gasteiger charge is 2.14. The number of hydrogen-bond donors (Lipinski definition) is 2. The van der Waals surface area contributed by atoms with Crippen molar-refractivity contribution in [3.05, 3.63) is 65.2 Å². The number of halogens is 2. The van der Waals surface area contributed by atoms with Gasteiger partial charge in [-0.2, -0.15) is 0 Å². The van der Waals surface area contributed by atoms with Gasteiger partial charge in [0.05, 0.1) is 6.10 Å². The van der Waals surface area contributed by atoms with Gasteiger partial charge in [-0.25, -0.2) is 8.78 Å². The van der Waals surface area contributed by atoms with E-state index < -0.39 is 17.7 Å². The third-order valence-electron chi connectivity index (χ3n) is 2.66. The summed E-state index contributed by atoms with van der Waals surface area (Å²) in [5.74, 6) is -1.18. The first-order valence-electron chi connectivity index (χ1n) is 5.47. The van der Waals surface area contributed by atoms with E-state index in [4.69, 9.17) is 0 Å². The van der Waals surface area contributed by atoms with Gasteiger partial charge in [0, 0.05) is 12.0 Å². The summed E-state index contributed by atoms with van der Waals surface area (Å²) < 4.78 is 26.4. The van der Waals surface area contributed by atoms with Crippen LogP contribution in [0.25, 0.3) is 0 Å². The second-order valence-corrected chi connectivity index (χ2v) is 4.06. The van der Waals surface area contributed by atoms with E-state index in [0.29, 0.717) is 5.56 Å². The Hall–Kier alpha value is -1.94. The minimum Gasteiger partial charge on any atom is -0.508 e. The van der Waals surface area contributed by atoms with E-state index in [9.17, 15) is 19.0 Å². The van der Waals surface area contributed by atoms with Crippen molar-refractivity contribution in [2.24, 2.45) is 0 Å². The molecule has 94 valence electrons. The van der Waals surface area contributed by atoms with E-state index in [-0.39, 0.29) is 17.7 Å². The number of aliphatic hydroxyl groups is 1. The zero-order chi connectivity index (χ0) is 13.1. The zero-order valence-corrected chi connectivity index (χ0v) is 9.48. The molecule has 0 amide bonds. The molecule has 0 saturated carbocycles. The fourth-order valence-corrected chi connectivity index (χ4v) is 1.79. The Morgan fingerprint density at radius 3 is 2.56 bits per heavy atom. The summed E-state index contributed by atoms with van der Waals surface area (Å²) >= 11 is 0. The highest BCUT2D eigenvalue weighted by Crippen LogP contribution is 2.23. The molecule has 0 aromatic heterocycles. The van der Waals surface area contributed by atoms with Gasteiger partial charge in [0.2, 0.25) is 0 Å². The summed E-state index contributed by atoms with van der Waals surface area (Å²) in [6.07, 6.45) is -1.04. The predicted octanol–water partition coefficient (Wildman–Crippen LogP) is 2.95. The van der Waals surface area contributed by atoms with Crippen molar-refractivity contribution in [1.82, 2.24) is 0 Å². The summed E-state index contributed by atoms with van der Waals surface area (Å²) in [6, 6.07) is 9.25. The van der Waals surface area contributed by atoms with E-state index >= 15 is 0 Å². The van der Waals surface area contributed by atoms with Gasteiger partial charge < -0.3 is 10.2 Å². The third kappa shape index (κ3) is 2.84. The van der Waals surface area contributed by atoms with E-state index in [0.717, 1.165) is 18.2 Å². The zero-order valence-electron chi connectivity index (χ0n) is 9.48. The average Bonchev–Trinajstić information content (AvgIpc) is 2.32. The Kier molecular flexibility index (Phi) is 3.58. The highest BCUT2D eigenvalue weighted by atomic mass is 19.1. The van der Waals surface area contributed by atoms with Crippen LogP contribution in [0.1, 0.15) is 17.2 Å². The monoisotopic (exact) mass is 250 g/mol. The molecule has 2 rings (SSSR count). The fraction of sp³-hybridized carbons (Fsp3) is 0.143. The molecule has 2 N–H and O–H groups in total. The number of aliphatic hydroxyl groups excluding tert-OH is 1. The maximum atomic E-state index is 13.4. The van der Waals surface area contributed by atoms with Crippen LogP contribution in [-0.4, -0.2) is 10.2 Å². The number of phenolic OH excluding ortho intramolecular Hbond substituents is 1. The van der Waals surface area contributed by atoms with Crippen molar-refractivity contribution in [2.75, 3.05) is 0 Å². The molecule has 18 heavy (non-hydrogen) atoms. The van der Waals surface area contributed by atoms with Crippen LogP contribution >= 0.6 is 0 Å². The van der Waals surface area contributed by atoms with Gasteiger partial charge in [-0.3, -0.25) is 0 Å². The van der Waals surface area contributed by atoms with Gasteiger partial charge in [-0.1, -0.05) is 12.1 Å². The van der Waals surface area contributed by atoms with E-state index in [1.807, 2.05) is 0 Å². The van der Waals surface area contributed by atoms with Crippen LogP contribution in [0.5, 0.6) is 5.75 Å². The van der Waals surface area contributed by atoms with Crippen LogP contribution in [0.4, 0.5) is 8.78 Å². The number of hydrogen-bond acceptors (Lipinski definition) is 2. The van der Waals surface area contributed by atoms with Gasteiger partial charge in [0.15, 0.2) is 0 Å². The normalized spacial score (nSPS) is 12.4. The smallest absolute Gasteiger partial charge is 0.129 e. The first-order chi connectivity index (χ1) is 8.56. The standard InChI is InChI=1S/C14H12F2O2/c15-10-4-5-13(16)12(8-10)14(18)7-9-2-1-3-11(17)6-9/h1-6,8,14,17-18H,7H2. The van der Waals surface area contributed by atoms with Gasteiger partial charge >= 0.3 is 0 Å². The second kappa shape index (κ2) is 5.14. The molecule has 2 nitrogen and oxygen atoms in total. The Morgan fingerprint density at radius 1 is 1.06 bits per heavy atom. The Morgan fingerprint density at radius 2 is 1.83 bits per heavy atom. The van der Waals surface area contributed by atoms with Crippen molar-refractivity contribution < 1.29 is 19.0 Å². The van der Waals surface area contributed by atoms with Crippen molar-refractivity contribution in [3.8, 4) is 5.75 Å². The van der Waals surface area contributed by atoms with Crippen LogP contribution in [0, 0.1) is 11.6 Å². The molecular weight excluding hydrogens is 238 g/mol. The minimum atomic E-state index is -1.15. The van der Waals surface area contributed by atoms with Gasteiger partial charge in [0.25, 0.3) is 0 Å². The lowest BCUT2D eigenvalue weighted by atomic mass is 10.0. The molecule has 2 aromatic rings. The first-order valence-corrected chi connectivity index (χ1v) is 5.47. The topological polar surface area (TPSA) is 40.5 Å². The molecule has 4 heteroatoms. The molecule has 0 spiro atoms.